The summed E-state index contributed by atoms with van der Waals surface area (Å²) in [6.07, 6.45) is 0. The van der Waals surface area contributed by atoms with E-state index in [9.17, 15) is 4.79 Å². The van der Waals surface area contributed by atoms with Crippen LogP contribution in [0.1, 0.15) is 18.4 Å². The number of rotatable bonds is 3. The van der Waals surface area contributed by atoms with Gasteiger partial charge < -0.3 is 5.73 Å². The molecule has 1 unspecified atom stereocenters. The van der Waals surface area contributed by atoms with Crippen LogP contribution in [0.2, 0.25) is 0 Å². The number of hydrazine groups is 1. The van der Waals surface area contributed by atoms with Crippen LogP contribution in [-0.2, 0) is 4.79 Å². The predicted octanol–water partition coefficient (Wildman–Crippen LogP) is 0.965. The molecule has 1 aromatic rings. The first-order valence-corrected chi connectivity index (χ1v) is 4.84. The van der Waals surface area contributed by atoms with E-state index < -0.39 is 0 Å². The summed E-state index contributed by atoms with van der Waals surface area (Å²) < 4.78 is 0. The molecule has 0 fully saturated rings. The standard InChI is InChI=1S/C11H17N3O/c1-8(11(15)13-14(2)3)9-5-4-6-10(12)7-9/h4-8H,12H2,1-3H3,(H,13,15). The average Bonchev–Trinajstić information content (AvgIpc) is 2.15. The van der Waals surface area contributed by atoms with Gasteiger partial charge in [0.25, 0.3) is 0 Å². The van der Waals surface area contributed by atoms with Crippen molar-refractivity contribution >= 4 is 11.6 Å². The van der Waals surface area contributed by atoms with E-state index in [2.05, 4.69) is 5.43 Å². The third kappa shape index (κ3) is 3.25. The van der Waals surface area contributed by atoms with Crippen LogP contribution in [0.15, 0.2) is 24.3 Å². The van der Waals surface area contributed by atoms with Gasteiger partial charge >= 0.3 is 0 Å². The van der Waals surface area contributed by atoms with Crippen LogP contribution in [0.3, 0.4) is 0 Å². The van der Waals surface area contributed by atoms with Crippen molar-refractivity contribution in [2.24, 2.45) is 0 Å². The van der Waals surface area contributed by atoms with Crippen molar-refractivity contribution in [2.45, 2.75) is 12.8 Å². The molecule has 0 saturated heterocycles. The number of hydrogen-bond donors (Lipinski definition) is 2. The number of carbonyl (C=O) groups is 1. The summed E-state index contributed by atoms with van der Waals surface area (Å²) in [5.74, 6) is -0.235. The van der Waals surface area contributed by atoms with Gasteiger partial charge in [0.2, 0.25) is 5.91 Å². The van der Waals surface area contributed by atoms with Crippen molar-refractivity contribution < 1.29 is 4.79 Å². The first-order chi connectivity index (χ1) is 7.00. The van der Waals surface area contributed by atoms with Crippen LogP contribution in [0.5, 0.6) is 0 Å². The number of benzene rings is 1. The van der Waals surface area contributed by atoms with Gasteiger partial charge in [-0.05, 0) is 24.6 Å². The third-order valence-electron chi connectivity index (χ3n) is 2.14. The number of amides is 1. The molecule has 0 spiro atoms. The molecule has 1 atom stereocenters. The van der Waals surface area contributed by atoms with E-state index in [1.165, 1.54) is 0 Å². The van der Waals surface area contributed by atoms with E-state index in [1.807, 2.05) is 25.1 Å². The second kappa shape index (κ2) is 4.79. The molecule has 4 nitrogen and oxygen atoms in total. The second-order valence-electron chi connectivity index (χ2n) is 3.76. The van der Waals surface area contributed by atoms with Gasteiger partial charge in [0.05, 0.1) is 5.92 Å². The Morgan fingerprint density at radius 2 is 2.13 bits per heavy atom. The first kappa shape index (κ1) is 11.5. The largest absolute Gasteiger partial charge is 0.399 e. The molecule has 4 heteroatoms. The highest BCUT2D eigenvalue weighted by atomic mass is 16.2. The SMILES string of the molecule is CC(C(=O)NN(C)C)c1cccc(N)c1. The molecular formula is C11H17N3O. The van der Waals surface area contributed by atoms with Gasteiger partial charge in [-0.15, -0.1) is 0 Å². The lowest BCUT2D eigenvalue weighted by Crippen LogP contribution is -2.38. The summed E-state index contributed by atoms with van der Waals surface area (Å²) in [6.45, 7) is 1.85. The molecule has 0 bridgehead atoms. The minimum Gasteiger partial charge on any atom is -0.399 e. The highest BCUT2D eigenvalue weighted by molar-refractivity contribution is 5.83. The Kier molecular flexibility index (Phi) is 3.68. The van der Waals surface area contributed by atoms with Crippen LogP contribution in [0.25, 0.3) is 0 Å². The lowest BCUT2D eigenvalue weighted by atomic mass is 10.0. The van der Waals surface area contributed by atoms with E-state index in [0.717, 1.165) is 5.56 Å². The zero-order chi connectivity index (χ0) is 11.4. The Bertz CT molecular complexity index is 349. The minimum absolute atomic E-state index is 0.0365. The molecule has 1 rings (SSSR count). The number of nitrogens with zero attached hydrogens (tertiary/aromatic N) is 1. The topological polar surface area (TPSA) is 58.4 Å². The highest BCUT2D eigenvalue weighted by Crippen LogP contribution is 2.17. The van der Waals surface area contributed by atoms with Crippen molar-refractivity contribution in [2.75, 3.05) is 19.8 Å². The summed E-state index contributed by atoms with van der Waals surface area (Å²) >= 11 is 0. The lowest BCUT2D eigenvalue weighted by Gasteiger charge is -2.16. The molecule has 82 valence electrons. The quantitative estimate of drug-likeness (QED) is 0.573. The molecular weight excluding hydrogens is 190 g/mol. The Morgan fingerprint density at radius 1 is 1.47 bits per heavy atom. The summed E-state index contributed by atoms with van der Waals surface area (Å²) in [5.41, 5.74) is 9.97. The summed E-state index contributed by atoms with van der Waals surface area (Å²) in [4.78, 5) is 11.7. The van der Waals surface area contributed by atoms with E-state index in [0.29, 0.717) is 5.69 Å². The van der Waals surface area contributed by atoms with Crippen LogP contribution < -0.4 is 11.2 Å². The molecule has 0 heterocycles. The summed E-state index contributed by atoms with van der Waals surface area (Å²) in [7, 11) is 3.56. The fraction of sp³-hybridized carbons (Fsp3) is 0.364. The fourth-order valence-corrected chi connectivity index (χ4v) is 1.30. The number of nitrogens with two attached hydrogens (primary N) is 1. The third-order valence-corrected chi connectivity index (χ3v) is 2.14. The molecule has 0 aromatic heterocycles. The summed E-state index contributed by atoms with van der Waals surface area (Å²) in [6, 6.07) is 7.38. The monoisotopic (exact) mass is 207 g/mol. The Balaban J connectivity index is 2.76. The molecule has 0 aliphatic rings. The van der Waals surface area contributed by atoms with Gasteiger partial charge in [-0.25, -0.2) is 5.01 Å². The van der Waals surface area contributed by atoms with Crippen molar-refractivity contribution in [3.05, 3.63) is 29.8 Å². The second-order valence-corrected chi connectivity index (χ2v) is 3.76. The van der Waals surface area contributed by atoms with E-state index in [1.54, 1.807) is 25.2 Å². The van der Waals surface area contributed by atoms with Crippen LogP contribution in [-0.4, -0.2) is 25.0 Å². The van der Waals surface area contributed by atoms with Crippen LogP contribution in [0, 0.1) is 0 Å². The number of hydrogen-bond acceptors (Lipinski definition) is 3. The maximum atomic E-state index is 11.7. The number of carbonyl (C=O) groups excluding carboxylic acids is 1. The van der Waals surface area contributed by atoms with Gasteiger partial charge in [0, 0.05) is 19.8 Å². The maximum Gasteiger partial charge on any atom is 0.241 e. The van der Waals surface area contributed by atoms with Crippen molar-refractivity contribution in [3.63, 3.8) is 0 Å². The zero-order valence-corrected chi connectivity index (χ0v) is 9.32. The minimum atomic E-state index is -0.198. The molecule has 1 amide bonds. The molecule has 0 aliphatic carbocycles. The highest BCUT2D eigenvalue weighted by Gasteiger charge is 2.15. The van der Waals surface area contributed by atoms with Gasteiger partial charge in [0.1, 0.15) is 0 Å². The van der Waals surface area contributed by atoms with E-state index in [-0.39, 0.29) is 11.8 Å². The van der Waals surface area contributed by atoms with Gasteiger partial charge in [-0.3, -0.25) is 10.2 Å². The van der Waals surface area contributed by atoms with E-state index in [4.69, 9.17) is 5.73 Å². The fourth-order valence-electron chi connectivity index (χ4n) is 1.30. The van der Waals surface area contributed by atoms with Crippen molar-refractivity contribution in [3.8, 4) is 0 Å². The lowest BCUT2D eigenvalue weighted by molar-refractivity contribution is -0.125. The normalized spacial score (nSPS) is 12.5. The molecule has 0 aliphatic heterocycles. The predicted molar refractivity (Wildman–Crippen MR) is 61.1 cm³/mol. The smallest absolute Gasteiger partial charge is 0.241 e. The molecule has 3 N–H and O–H groups in total. The number of nitrogens with one attached hydrogen (secondary N) is 1. The van der Waals surface area contributed by atoms with Gasteiger partial charge in [-0.2, -0.15) is 0 Å². The number of nitrogen functional groups attached to an aromatic ring is 1. The van der Waals surface area contributed by atoms with Gasteiger partial charge in [-0.1, -0.05) is 12.1 Å². The zero-order valence-electron chi connectivity index (χ0n) is 9.32. The van der Waals surface area contributed by atoms with E-state index >= 15 is 0 Å². The molecule has 1 aromatic carbocycles. The molecule has 0 saturated carbocycles. The van der Waals surface area contributed by atoms with Crippen LogP contribution in [0.4, 0.5) is 5.69 Å². The Hall–Kier alpha value is -1.55. The average molecular weight is 207 g/mol. The van der Waals surface area contributed by atoms with Crippen molar-refractivity contribution in [1.29, 1.82) is 0 Å². The van der Waals surface area contributed by atoms with Crippen molar-refractivity contribution in [1.82, 2.24) is 10.4 Å². The number of anilines is 1. The molecule has 15 heavy (non-hydrogen) atoms. The summed E-state index contributed by atoms with van der Waals surface area (Å²) in [5, 5.41) is 1.63. The van der Waals surface area contributed by atoms with Crippen LogP contribution >= 0.6 is 0 Å². The Morgan fingerprint density at radius 3 is 2.67 bits per heavy atom. The maximum absolute atomic E-state index is 11.7. The Labute approximate surface area is 90.0 Å². The first-order valence-electron chi connectivity index (χ1n) is 4.84. The molecule has 0 radical (unpaired) electrons. The van der Waals surface area contributed by atoms with Gasteiger partial charge in [0.15, 0.2) is 0 Å².